The number of nitrogens with zero attached hydrogens (tertiary/aromatic N) is 4. The number of hydrogen-bond acceptors (Lipinski definition) is 4. The van der Waals surface area contributed by atoms with Crippen LogP contribution in [0.1, 0.15) is 21.7 Å². The van der Waals surface area contributed by atoms with Gasteiger partial charge in [-0.25, -0.2) is 4.39 Å². The second-order valence-electron chi connectivity index (χ2n) is 3.78. The van der Waals surface area contributed by atoms with Gasteiger partial charge in [-0.1, -0.05) is 11.6 Å². The Hall–Kier alpha value is -2.11. The van der Waals surface area contributed by atoms with Crippen LogP contribution in [0.15, 0.2) is 18.2 Å². The lowest BCUT2D eigenvalue weighted by atomic mass is 10.0. The van der Waals surface area contributed by atoms with E-state index in [4.69, 9.17) is 0 Å². The summed E-state index contributed by atoms with van der Waals surface area (Å²) in [4.78, 5) is 13.1. The van der Waals surface area contributed by atoms with Gasteiger partial charge in [-0.3, -0.25) is 4.79 Å². The predicted octanol–water partition coefficient (Wildman–Crippen LogP) is 1.08. The van der Waals surface area contributed by atoms with Crippen LogP contribution < -0.4 is 0 Å². The smallest absolute Gasteiger partial charge is 0.182 e. The summed E-state index contributed by atoms with van der Waals surface area (Å²) in [6.07, 6.45) is -0.0474. The Kier molecular flexibility index (Phi) is 2.95. The molecule has 0 spiro atoms. The standard InChI is InChI=1S/C11H11FN4O/c1-7-3-4-9(12)8(5-7)10(17)6-11-13-15-16(2)14-11/h3-5H,6H2,1-2H3. The summed E-state index contributed by atoms with van der Waals surface area (Å²) in [5, 5.41) is 11.2. The third kappa shape index (κ3) is 2.52. The Bertz CT molecular complexity index is 564. The molecule has 5 nitrogen and oxygen atoms in total. The Morgan fingerprint density at radius 2 is 2.24 bits per heavy atom. The molecule has 0 aliphatic heterocycles. The molecule has 1 heterocycles. The lowest BCUT2D eigenvalue weighted by Crippen LogP contribution is -2.08. The Balaban J connectivity index is 2.22. The van der Waals surface area contributed by atoms with Crippen molar-refractivity contribution in [3.8, 4) is 0 Å². The van der Waals surface area contributed by atoms with Crippen LogP contribution in [-0.4, -0.2) is 26.0 Å². The molecule has 2 rings (SSSR count). The predicted molar refractivity (Wildman–Crippen MR) is 58.0 cm³/mol. The van der Waals surface area contributed by atoms with Crippen LogP contribution in [0.5, 0.6) is 0 Å². The Morgan fingerprint density at radius 3 is 2.88 bits per heavy atom. The van der Waals surface area contributed by atoms with Gasteiger partial charge in [-0.2, -0.15) is 4.80 Å². The minimum Gasteiger partial charge on any atom is -0.294 e. The third-order valence-electron chi connectivity index (χ3n) is 2.29. The van der Waals surface area contributed by atoms with Crippen LogP contribution in [0.3, 0.4) is 0 Å². The number of aromatic nitrogens is 4. The van der Waals surface area contributed by atoms with Crippen molar-refractivity contribution < 1.29 is 9.18 Å². The first-order valence-corrected chi connectivity index (χ1v) is 5.08. The topological polar surface area (TPSA) is 60.7 Å². The minimum atomic E-state index is -0.524. The van der Waals surface area contributed by atoms with E-state index in [0.717, 1.165) is 5.56 Å². The van der Waals surface area contributed by atoms with Gasteiger partial charge >= 0.3 is 0 Å². The Labute approximate surface area is 97.3 Å². The van der Waals surface area contributed by atoms with Crippen LogP contribution in [0, 0.1) is 12.7 Å². The molecule has 6 heteroatoms. The second-order valence-corrected chi connectivity index (χ2v) is 3.78. The van der Waals surface area contributed by atoms with E-state index in [1.807, 2.05) is 0 Å². The highest BCUT2D eigenvalue weighted by Crippen LogP contribution is 2.12. The summed E-state index contributed by atoms with van der Waals surface area (Å²) < 4.78 is 13.4. The van der Waals surface area contributed by atoms with E-state index in [1.54, 1.807) is 20.0 Å². The van der Waals surface area contributed by atoms with Crippen molar-refractivity contribution in [3.63, 3.8) is 0 Å². The molecule has 0 fully saturated rings. The number of aryl methyl sites for hydroxylation is 2. The minimum absolute atomic E-state index is 0.0474. The monoisotopic (exact) mass is 234 g/mol. The number of carbonyl (C=O) groups excluding carboxylic acids is 1. The number of ketones is 1. The maximum Gasteiger partial charge on any atom is 0.182 e. The van der Waals surface area contributed by atoms with E-state index in [-0.39, 0.29) is 17.8 Å². The molecular weight excluding hydrogens is 223 g/mol. The zero-order valence-electron chi connectivity index (χ0n) is 9.51. The maximum absolute atomic E-state index is 13.4. The van der Waals surface area contributed by atoms with Crippen molar-refractivity contribution in [1.29, 1.82) is 0 Å². The average molecular weight is 234 g/mol. The van der Waals surface area contributed by atoms with E-state index in [2.05, 4.69) is 15.4 Å². The Morgan fingerprint density at radius 1 is 1.47 bits per heavy atom. The fourth-order valence-corrected chi connectivity index (χ4v) is 1.49. The molecule has 2 aromatic rings. The van der Waals surface area contributed by atoms with Crippen LogP contribution in [0.25, 0.3) is 0 Å². The van der Waals surface area contributed by atoms with Gasteiger partial charge < -0.3 is 0 Å². The molecule has 1 aromatic heterocycles. The number of halogens is 1. The van der Waals surface area contributed by atoms with Gasteiger partial charge in [0.2, 0.25) is 0 Å². The van der Waals surface area contributed by atoms with Crippen molar-refractivity contribution >= 4 is 5.78 Å². The molecule has 1 aromatic carbocycles. The van der Waals surface area contributed by atoms with E-state index in [0.29, 0.717) is 5.82 Å². The summed E-state index contributed by atoms with van der Waals surface area (Å²) in [5.41, 5.74) is 0.902. The lowest BCUT2D eigenvalue weighted by molar-refractivity contribution is 0.0987. The first kappa shape index (κ1) is 11.4. The summed E-state index contributed by atoms with van der Waals surface area (Å²) in [7, 11) is 1.61. The molecule has 0 amide bonds. The zero-order chi connectivity index (χ0) is 12.4. The molecule has 0 saturated carbocycles. The van der Waals surface area contributed by atoms with E-state index >= 15 is 0 Å². The average Bonchev–Trinajstić information content (AvgIpc) is 2.67. The van der Waals surface area contributed by atoms with E-state index in [1.165, 1.54) is 16.9 Å². The molecule has 0 atom stereocenters. The molecule has 0 saturated heterocycles. The molecule has 0 aliphatic rings. The molecule has 0 aliphatic carbocycles. The first-order chi connectivity index (χ1) is 8.06. The van der Waals surface area contributed by atoms with Crippen molar-refractivity contribution in [2.45, 2.75) is 13.3 Å². The molecule has 88 valence electrons. The van der Waals surface area contributed by atoms with Crippen LogP contribution >= 0.6 is 0 Å². The maximum atomic E-state index is 13.4. The van der Waals surface area contributed by atoms with Crippen molar-refractivity contribution in [1.82, 2.24) is 20.2 Å². The quantitative estimate of drug-likeness (QED) is 0.746. The highest BCUT2D eigenvalue weighted by atomic mass is 19.1. The number of hydrogen-bond donors (Lipinski definition) is 0. The van der Waals surface area contributed by atoms with Gasteiger partial charge in [0.15, 0.2) is 11.6 Å². The van der Waals surface area contributed by atoms with Gasteiger partial charge in [-0.15, -0.1) is 10.2 Å². The molecule has 0 unspecified atom stereocenters. The third-order valence-corrected chi connectivity index (χ3v) is 2.29. The van der Waals surface area contributed by atoms with Crippen molar-refractivity contribution in [2.75, 3.05) is 0 Å². The second kappa shape index (κ2) is 4.40. The van der Waals surface area contributed by atoms with E-state index < -0.39 is 5.82 Å². The van der Waals surface area contributed by atoms with Gasteiger partial charge in [0, 0.05) is 0 Å². The number of Topliss-reactive ketones (excluding diaryl/α,β-unsaturated/α-hetero) is 1. The van der Waals surface area contributed by atoms with Gasteiger partial charge in [0.05, 0.1) is 19.0 Å². The molecule has 0 bridgehead atoms. The largest absolute Gasteiger partial charge is 0.294 e. The summed E-state index contributed by atoms with van der Waals surface area (Å²) in [6, 6.07) is 4.42. The van der Waals surface area contributed by atoms with Crippen LogP contribution in [0.2, 0.25) is 0 Å². The number of benzene rings is 1. The number of carbonyl (C=O) groups is 1. The fourth-order valence-electron chi connectivity index (χ4n) is 1.49. The van der Waals surface area contributed by atoms with Crippen molar-refractivity contribution in [3.05, 3.63) is 41.0 Å². The highest BCUT2D eigenvalue weighted by molar-refractivity contribution is 5.97. The molecule has 0 N–H and O–H groups in total. The van der Waals surface area contributed by atoms with Gasteiger partial charge in [0.25, 0.3) is 0 Å². The number of tetrazole rings is 1. The summed E-state index contributed by atoms with van der Waals surface area (Å²) in [5.74, 6) is -0.581. The fraction of sp³-hybridized carbons (Fsp3) is 0.273. The SMILES string of the molecule is Cc1ccc(F)c(C(=O)Cc2nnn(C)n2)c1. The lowest BCUT2D eigenvalue weighted by Gasteiger charge is -2.01. The van der Waals surface area contributed by atoms with Crippen molar-refractivity contribution in [2.24, 2.45) is 7.05 Å². The normalized spacial score (nSPS) is 10.5. The molecular formula is C11H11FN4O. The van der Waals surface area contributed by atoms with Crippen LogP contribution in [-0.2, 0) is 13.5 Å². The van der Waals surface area contributed by atoms with Gasteiger partial charge in [-0.05, 0) is 24.3 Å². The van der Waals surface area contributed by atoms with Crippen LogP contribution in [0.4, 0.5) is 4.39 Å². The summed E-state index contributed by atoms with van der Waals surface area (Å²) >= 11 is 0. The van der Waals surface area contributed by atoms with E-state index in [9.17, 15) is 9.18 Å². The highest BCUT2D eigenvalue weighted by Gasteiger charge is 2.15. The molecule has 0 radical (unpaired) electrons. The molecule has 17 heavy (non-hydrogen) atoms. The van der Waals surface area contributed by atoms with Gasteiger partial charge in [0.1, 0.15) is 5.82 Å². The first-order valence-electron chi connectivity index (χ1n) is 5.08. The zero-order valence-corrected chi connectivity index (χ0v) is 9.51. The number of rotatable bonds is 3. The summed E-state index contributed by atoms with van der Waals surface area (Å²) in [6.45, 7) is 1.80.